The minimum atomic E-state index is -0.558. The number of ether oxygens (including phenoxy) is 4. The number of esters is 1. The molecule has 0 atom stereocenters. The van der Waals surface area contributed by atoms with E-state index in [9.17, 15) is 4.79 Å². The summed E-state index contributed by atoms with van der Waals surface area (Å²) in [5.41, 5.74) is 5.65. The maximum atomic E-state index is 11.5. The molecular formula is C14H26N2O5. The van der Waals surface area contributed by atoms with Crippen LogP contribution in [0, 0.1) is 0 Å². The second kappa shape index (κ2) is 13.4. The lowest BCUT2D eigenvalue weighted by atomic mass is 10.4. The highest BCUT2D eigenvalue weighted by molar-refractivity contribution is 5.87. The normalized spacial score (nSPS) is 11.9. The number of allylic oxidation sites excluding steroid dienone is 2. The first-order valence-electron chi connectivity index (χ1n) is 6.67. The van der Waals surface area contributed by atoms with Crippen LogP contribution in [0.2, 0.25) is 0 Å². The van der Waals surface area contributed by atoms with Crippen LogP contribution in [0.15, 0.2) is 24.0 Å². The molecule has 0 unspecified atom stereocenters. The fraction of sp³-hybridized carbons (Fsp3) is 0.643. The molecule has 7 heteroatoms. The van der Waals surface area contributed by atoms with Gasteiger partial charge in [-0.1, -0.05) is 0 Å². The molecule has 2 N–H and O–H groups in total. The molecule has 0 aliphatic rings. The van der Waals surface area contributed by atoms with Crippen molar-refractivity contribution in [3.05, 3.63) is 24.0 Å². The summed E-state index contributed by atoms with van der Waals surface area (Å²) >= 11 is 0. The minimum absolute atomic E-state index is 0.0424. The van der Waals surface area contributed by atoms with E-state index in [4.69, 9.17) is 24.7 Å². The predicted molar refractivity (Wildman–Crippen MR) is 79.6 cm³/mol. The monoisotopic (exact) mass is 302 g/mol. The van der Waals surface area contributed by atoms with Gasteiger partial charge in [-0.05, 0) is 18.4 Å². The highest BCUT2D eigenvalue weighted by Gasteiger charge is 2.05. The molecule has 0 rings (SSSR count). The van der Waals surface area contributed by atoms with E-state index in [-0.39, 0.29) is 12.3 Å². The van der Waals surface area contributed by atoms with Gasteiger partial charge >= 0.3 is 5.97 Å². The molecule has 7 nitrogen and oxygen atoms in total. The molecule has 0 aliphatic carbocycles. The zero-order valence-electron chi connectivity index (χ0n) is 13.0. The number of carbonyl (C=O) groups excluding carboxylic acids is 1. The molecule has 0 aromatic rings. The zero-order valence-corrected chi connectivity index (χ0v) is 13.0. The Balaban J connectivity index is 4.30. The molecule has 0 saturated carbocycles. The van der Waals surface area contributed by atoms with E-state index in [0.717, 1.165) is 13.1 Å². The Morgan fingerprint density at radius 3 is 2.10 bits per heavy atom. The highest BCUT2D eigenvalue weighted by atomic mass is 16.6. The van der Waals surface area contributed by atoms with Crippen molar-refractivity contribution in [1.82, 2.24) is 4.90 Å². The number of hydrogen-bond acceptors (Lipinski definition) is 7. The molecule has 0 spiro atoms. The lowest BCUT2D eigenvalue weighted by Gasteiger charge is -2.19. The van der Waals surface area contributed by atoms with Gasteiger partial charge in [0.2, 0.25) is 0 Å². The van der Waals surface area contributed by atoms with Crippen LogP contribution < -0.4 is 5.73 Å². The Hall–Kier alpha value is -1.57. The molecule has 21 heavy (non-hydrogen) atoms. The molecule has 0 aliphatic heterocycles. The molecule has 0 bridgehead atoms. The van der Waals surface area contributed by atoms with Crippen molar-refractivity contribution in [3.63, 3.8) is 0 Å². The Kier molecular flexibility index (Phi) is 12.4. The quantitative estimate of drug-likeness (QED) is 0.237. The average molecular weight is 302 g/mol. The molecule has 0 radical (unpaired) electrons. The number of carbonyl (C=O) groups is 1. The van der Waals surface area contributed by atoms with Crippen molar-refractivity contribution in [2.24, 2.45) is 5.73 Å². The second-order valence-electron chi connectivity index (χ2n) is 4.11. The van der Waals surface area contributed by atoms with Crippen LogP contribution >= 0.6 is 0 Å². The van der Waals surface area contributed by atoms with E-state index in [1.165, 1.54) is 13.2 Å². The number of methoxy groups -OCH3 is 3. The van der Waals surface area contributed by atoms with Crippen LogP contribution in [0.3, 0.4) is 0 Å². The van der Waals surface area contributed by atoms with Gasteiger partial charge in [0, 0.05) is 34.4 Å². The van der Waals surface area contributed by atoms with Crippen LogP contribution in [-0.2, 0) is 23.7 Å². The van der Waals surface area contributed by atoms with Crippen molar-refractivity contribution < 1.29 is 23.7 Å². The van der Waals surface area contributed by atoms with Gasteiger partial charge in [0.05, 0.1) is 19.8 Å². The van der Waals surface area contributed by atoms with Gasteiger partial charge < -0.3 is 29.6 Å². The minimum Gasteiger partial charge on any atom is -0.459 e. The van der Waals surface area contributed by atoms with Gasteiger partial charge in [-0.3, -0.25) is 0 Å². The number of nitrogens with zero attached hydrogens (tertiary/aromatic N) is 1. The average Bonchev–Trinajstić information content (AvgIpc) is 2.49. The molecule has 0 aromatic carbocycles. The van der Waals surface area contributed by atoms with Gasteiger partial charge in [-0.2, -0.15) is 0 Å². The first kappa shape index (κ1) is 19.4. The van der Waals surface area contributed by atoms with Gasteiger partial charge in [0.25, 0.3) is 0 Å². The van der Waals surface area contributed by atoms with E-state index in [1.807, 2.05) is 11.1 Å². The molecule has 0 saturated heterocycles. The first-order valence-corrected chi connectivity index (χ1v) is 6.67. The third kappa shape index (κ3) is 10.8. The van der Waals surface area contributed by atoms with Gasteiger partial charge in [-0.25, -0.2) is 4.79 Å². The van der Waals surface area contributed by atoms with Crippen LogP contribution in [0.1, 0.15) is 0 Å². The topological polar surface area (TPSA) is 83.2 Å². The van der Waals surface area contributed by atoms with E-state index in [0.29, 0.717) is 19.8 Å². The van der Waals surface area contributed by atoms with Crippen molar-refractivity contribution in [2.75, 3.05) is 60.8 Å². The summed E-state index contributed by atoms with van der Waals surface area (Å²) in [4.78, 5) is 13.5. The summed E-state index contributed by atoms with van der Waals surface area (Å²) in [6.07, 6.45) is 5.02. The predicted octanol–water partition coefficient (Wildman–Crippen LogP) is 0.127. The summed E-state index contributed by atoms with van der Waals surface area (Å²) in [5, 5.41) is 0. The largest absolute Gasteiger partial charge is 0.459 e. The van der Waals surface area contributed by atoms with Crippen molar-refractivity contribution >= 4 is 5.97 Å². The van der Waals surface area contributed by atoms with Gasteiger partial charge in [0.1, 0.15) is 12.3 Å². The zero-order chi connectivity index (χ0) is 15.9. The van der Waals surface area contributed by atoms with Gasteiger partial charge in [-0.15, -0.1) is 0 Å². The fourth-order valence-corrected chi connectivity index (χ4v) is 1.32. The summed E-state index contributed by atoms with van der Waals surface area (Å²) < 4.78 is 19.7. The molecular weight excluding hydrogens is 276 g/mol. The van der Waals surface area contributed by atoms with E-state index >= 15 is 0 Å². The van der Waals surface area contributed by atoms with Crippen molar-refractivity contribution in [2.45, 2.75) is 0 Å². The molecule has 0 amide bonds. The van der Waals surface area contributed by atoms with Crippen molar-refractivity contribution in [1.29, 1.82) is 0 Å². The third-order valence-electron chi connectivity index (χ3n) is 2.49. The summed E-state index contributed by atoms with van der Waals surface area (Å²) in [6, 6.07) is 0. The molecule has 0 heterocycles. The fourth-order valence-electron chi connectivity index (χ4n) is 1.32. The maximum Gasteiger partial charge on any atom is 0.354 e. The maximum absolute atomic E-state index is 11.5. The second-order valence-corrected chi connectivity index (χ2v) is 4.11. The SMILES string of the molecule is COCCOC(=O)/C(N)=C/C=C/N(CCOC)CCOC. The van der Waals surface area contributed by atoms with E-state index in [2.05, 4.69) is 0 Å². The van der Waals surface area contributed by atoms with Crippen LogP contribution in [0.25, 0.3) is 0 Å². The van der Waals surface area contributed by atoms with Crippen LogP contribution in [-0.4, -0.2) is 71.7 Å². The highest BCUT2D eigenvalue weighted by Crippen LogP contribution is 1.95. The van der Waals surface area contributed by atoms with Gasteiger partial charge in [0.15, 0.2) is 0 Å². The Morgan fingerprint density at radius 1 is 1.00 bits per heavy atom. The Morgan fingerprint density at radius 2 is 1.57 bits per heavy atom. The number of hydrogen-bond donors (Lipinski definition) is 1. The molecule has 0 aromatic heterocycles. The standard InChI is InChI=1S/C14H26N2O5/c1-18-9-7-16(8-10-19-2)6-4-5-13(15)14(17)21-12-11-20-3/h4-6H,7-12,15H2,1-3H3/b6-4+,13-5-. The lowest BCUT2D eigenvalue weighted by molar-refractivity contribution is -0.140. The summed E-state index contributed by atoms with van der Waals surface area (Å²) in [6.45, 7) is 3.18. The lowest BCUT2D eigenvalue weighted by Crippen LogP contribution is -2.25. The molecule has 0 fully saturated rings. The van der Waals surface area contributed by atoms with E-state index < -0.39 is 5.97 Å². The summed E-state index contributed by atoms with van der Waals surface area (Å²) in [5.74, 6) is -0.558. The summed E-state index contributed by atoms with van der Waals surface area (Å²) in [7, 11) is 4.82. The molecule has 122 valence electrons. The van der Waals surface area contributed by atoms with Crippen LogP contribution in [0.5, 0.6) is 0 Å². The third-order valence-corrected chi connectivity index (χ3v) is 2.49. The van der Waals surface area contributed by atoms with E-state index in [1.54, 1.807) is 20.3 Å². The van der Waals surface area contributed by atoms with Crippen molar-refractivity contribution in [3.8, 4) is 0 Å². The Bertz CT molecular complexity index is 323. The Labute approximate surface area is 126 Å². The smallest absolute Gasteiger partial charge is 0.354 e. The number of nitrogens with two attached hydrogens (primary N) is 1. The number of rotatable bonds is 12. The van der Waals surface area contributed by atoms with Crippen LogP contribution in [0.4, 0.5) is 0 Å². The first-order chi connectivity index (χ1) is 10.2.